The molecule has 1 heterocycles. The molecular formula is C14H13N3O2. The van der Waals surface area contributed by atoms with Gasteiger partial charge in [-0.15, -0.1) is 0 Å². The Kier molecular flexibility index (Phi) is 3.47. The van der Waals surface area contributed by atoms with Crippen LogP contribution in [0.1, 0.15) is 5.69 Å². The van der Waals surface area contributed by atoms with Crippen molar-refractivity contribution in [2.24, 2.45) is 0 Å². The van der Waals surface area contributed by atoms with Crippen LogP contribution in [0, 0.1) is 24.2 Å². The van der Waals surface area contributed by atoms with Gasteiger partial charge in [0.1, 0.15) is 11.4 Å². The lowest BCUT2D eigenvalue weighted by Crippen LogP contribution is -2.31. The highest BCUT2D eigenvalue weighted by molar-refractivity contribution is 5.71. The zero-order valence-corrected chi connectivity index (χ0v) is 10.3. The van der Waals surface area contributed by atoms with Crippen LogP contribution in [0.15, 0.2) is 48.7 Å². The van der Waals surface area contributed by atoms with E-state index in [-0.39, 0.29) is 5.69 Å². The van der Waals surface area contributed by atoms with Crippen molar-refractivity contribution in [3.05, 3.63) is 78.6 Å². The van der Waals surface area contributed by atoms with Gasteiger partial charge < -0.3 is 9.14 Å². The van der Waals surface area contributed by atoms with Crippen molar-refractivity contribution in [1.82, 2.24) is 0 Å². The lowest BCUT2D eigenvalue weighted by atomic mass is 10.3. The molecule has 0 atom stereocenters. The van der Waals surface area contributed by atoms with E-state index >= 15 is 0 Å². The van der Waals surface area contributed by atoms with Gasteiger partial charge in [-0.1, -0.05) is 18.2 Å². The molecule has 5 nitrogen and oxygen atoms in total. The van der Waals surface area contributed by atoms with Gasteiger partial charge in [0.05, 0.1) is 17.3 Å². The van der Waals surface area contributed by atoms with Crippen LogP contribution in [0.25, 0.3) is 0 Å². The number of hydrogen-bond acceptors (Lipinski definition) is 2. The minimum absolute atomic E-state index is 0.0593. The van der Waals surface area contributed by atoms with Crippen molar-refractivity contribution < 1.29 is 14.1 Å². The van der Waals surface area contributed by atoms with Crippen molar-refractivity contribution in [3.63, 3.8) is 0 Å². The van der Waals surface area contributed by atoms with Gasteiger partial charge in [0.25, 0.3) is 5.69 Å². The van der Waals surface area contributed by atoms with E-state index in [2.05, 4.69) is 14.1 Å². The third kappa shape index (κ3) is 2.90. The molecule has 0 bridgehead atoms. The molecule has 0 aliphatic heterocycles. The van der Waals surface area contributed by atoms with E-state index < -0.39 is 4.92 Å². The Bertz CT molecular complexity index is 633. The van der Waals surface area contributed by atoms with Gasteiger partial charge in [-0.2, -0.15) is 0 Å². The average molecular weight is 255 g/mol. The Morgan fingerprint density at radius 3 is 2.32 bits per heavy atom. The second-order valence-corrected chi connectivity index (χ2v) is 3.97. The van der Waals surface area contributed by atoms with E-state index in [1.54, 1.807) is 27.5 Å². The third-order valence-corrected chi connectivity index (χ3v) is 2.66. The second kappa shape index (κ2) is 5.22. The van der Waals surface area contributed by atoms with E-state index in [1.807, 2.05) is 24.4 Å². The van der Waals surface area contributed by atoms with Crippen LogP contribution in [-0.2, 0) is 0 Å². The quantitative estimate of drug-likeness (QED) is 0.277. The summed E-state index contributed by atoms with van der Waals surface area (Å²) >= 11 is 0. The zero-order valence-electron chi connectivity index (χ0n) is 10.3. The summed E-state index contributed by atoms with van der Waals surface area (Å²) in [5.41, 5.74) is 1.69. The normalized spacial score (nSPS) is 11.3. The van der Waals surface area contributed by atoms with E-state index in [1.165, 1.54) is 12.1 Å². The van der Waals surface area contributed by atoms with Crippen LogP contribution in [0.5, 0.6) is 0 Å². The lowest BCUT2D eigenvalue weighted by Gasteiger charge is -2.07. The fraction of sp³-hybridized carbons (Fsp3) is 0. The summed E-state index contributed by atoms with van der Waals surface area (Å²) in [6.45, 7) is 0. The maximum absolute atomic E-state index is 10.6. The summed E-state index contributed by atoms with van der Waals surface area (Å²) < 4.78 is 3.35. The molecule has 0 spiro atoms. The molecule has 0 unspecified atom stereocenters. The average Bonchev–Trinajstić information content (AvgIpc) is 2.41. The minimum Gasteiger partial charge on any atom is -0.339 e. The van der Waals surface area contributed by atoms with Crippen molar-refractivity contribution >= 4 is 17.6 Å². The van der Waals surface area contributed by atoms with Gasteiger partial charge in [-0.25, -0.2) is 0 Å². The van der Waals surface area contributed by atoms with Crippen LogP contribution in [0.2, 0.25) is 0 Å². The minimum atomic E-state index is -0.429. The van der Waals surface area contributed by atoms with E-state index in [4.69, 9.17) is 0 Å². The first-order valence-corrected chi connectivity index (χ1v) is 5.58. The molecular weight excluding hydrogens is 242 g/mol. The Morgan fingerprint density at radius 1 is 1.11 bits per heavy atom. The monoisotopic (exact) mass is 255 g/mol. The SMILES string of the molecule is [CH2-][N+](=Cc1cccc[n+]1[CH2-])c1ccc([N+](=O)[O-])cc1. The highest BCUT2D eigenvalue weighted by Crippen LogP contribution is 2.17. The Balaban J connectivity index is 2.31. The molecule has 0 saturated heterocycles. The molecule has 2 aromatic rings. The molecule has 1 aromatic heterocycles. The summed E-state index contributed by atoms with van der Waals surface area (Å²) in [5.74, 6) is 0. The summed E-state index contributed by atoms with van der Waals surface area (Å²) in [5, 5.41) is 10.6. The zero-order chi connectivity index (χ0) is 13.8. The van der Waals surface area contributed by atoms with Gasteiger partial charge in [0.15, 0.2) is 0 Å². The Morgan fingerprint density at radius 2 is 1.74 bits per heavy atom. The fourth-order valence-electron chi connectivity index (χ4n) is 1.61. The van der Waals surface area contributed by atoms with Gasteiger partial charge in [-0.05, 0) is 12.1 Å². The predicted octanol–water partition coefficient (Wildman–Crippen LogP) is 2.08. The molecule has 0 radical (unpaired) electrons. The van der Waals surface area contributed by atoms with Crippen LogP contribution in [0.4, 0.5) is 11.4 Å². The van der Waals surface area contributed by atoms with Crippen molar-refractivity contribution in [1.29, 1.82) is 0 Å². The van der Waals surface area contributed by atoms with E-state index in [0.29, 0.717) is 0 Å². The molecule has 0 N–H and O–H groups in total. The first-order valence-electron chi connectivity index (χ1n) is 5.58. The largest absolute Gasteiger partial charge is 0.339 e. The van der Waals surface area contributed by atoms with Gasteiger partial charge in [0, 0.05) is 26.2 Å². The number of nitro benzene ring substituents is 1. The maximum Gasteiger partial charge on any atom is 0.267 e. The summed E-state index contributed by atoms with van der Waals surface area (Å²) in [6, 6.07) is 11.9. The lowest BCUT2D eigenvalue weighted by molar-refractivity contribution is -0.615. The smallest absolute Gasteiger partial charge is 0.267 e. The number of aromatic nitrogens is 1. The van der Waals surface area contributed by atoms with Crippen LogP contribution in [-0.4, -0.2) is 15.7 Å². The van der Waals surface area contributed by atoms with Gasteiger partial charge >= 0.3 is 0 Å². The molecule has 1 aromatic carbocycles. The first-order chi connectivity index (χ1) is 9.08. The van der Waals surface area contributed by atoms with E-state index in [9.17, 15) is 10.1 Å². The first kappa shape index (κ1) is 12.6. The predicted molar refractivity (Wildman–Crippen MR) is 70.9 cm³/mol. The summed E-state index contributed by atoms with van der Waals surface area (Å²) in [7, 11) is 7.73. The highest BCUT2D eigenvalue weighted by atomic mass is 16.6. The molecule has 0 aliphatic carbocycles. The number of non-ortho nitro benzene ring substituents is 1. The summed E-state index contributed by atoms with van der Waals surface area (Å²) in [4.78, 5) is 10.1. The van der Waals surface area contributed by atoms with Crippen LogP contribution < -0.4 is 4.57 Å². The fourth-order valence-corrected chi connectivity index (χ4v) is 1.61. The van der Waals surface area contributed by atoms with Crippen LogP contribution >= 0.6 is 0 Å². The van der Waals surface area contributed by atoms with Crippen molar-refractivity contribution in [2.45, 2.75) is 0 Å². The topological polar surface area (TPSA) is 50.0 Å². The number of rotatable bonds is 3. The van der Waals surface area contributed by atoms with Gasteiger partial charge in [-0.3, -0.25) is 10.1 Å². The third-order valence-electron chi connectivity index (χ3n) is 2.66. The molecule has 96 valence electrons. The highest BCUT2D eigenvalue weighted by Gasteiger charge is 2.04. The van der Waals surface area contributed by atoms with Crippen molar-refractivity contribution in [2.75, 3.05) is 0 Å². The number of pyridine rings is 1. The van der Waals surface area contributed by atoms with Crippen molar-refractivity contribution in [3.8, 4) is 0 Å². The molecule has 5 heteroatoms. The number of nitrogens with zero attached hydrogens (tertiary/aromatic N) is 3. The second-order valence-electron chi connectivity index (χ2n) is 3.97. The number of nitro groups is 1. The summed E-state index contributed by atoms with van der Waals surface area (Å²) in [6.07, 6.45) is 3.63. The van der Waals surface area contributed by atoms with Crippen LogP contribution in [0.3, 0.4) is 0 Å². The molecule has 0 amide bonds. The molecule has 2 rings (SSSR count). The number of benzene rings is 1. The van der Waals surface area contributed by atoms with E-state index in [0.717, 1.165) is 11.4 Å². The molecule has 0 fully saturated rings. The standard InChI is InChI=1S/C14H13N3O2/c1-15-10-4-3-5-14(15)11-16(2)12-6-8-13(9-7-12)17(18)19/h3-11H,1-2H2. The van der Waals surface area contributed by atoms with Gasteiger partial charge in [0.2, 0.25) is 0 Å². The molecule has 0 saturated carbocycles. The maximum atomic E-state index is 10.6. The number of hydrogen-bond donors (Lipinski definition) is 0. The Hall–Kier alpha value is -2.82. The molecule has 0 aliphatic rings. The Labute approximate surface area is 111 Å². The molecule has 19 heavy (non-hydrogen) atoms.